The van der Waals surface area contributed by atoms with Crippen LogP contribution in [0.2, 0.25) is 0 Å². The molecule has 0 atom stereocenters. The van der Waals surface area contributed by atoms with Crippen molar-refractivity contribution < 1.29 is 17.6 Å². The van der Waals surface area contributed by atoms with Crippen molar-refractivity contribution in [3.05, 3.63) is 58.3 Å². The van der Waals surface area contributed by atoms with E-state index in [4.69, 9.17) is 0 Å². The number of nitrogens with zero attached hydrogens (tertiary/aromatic N) is 1. The van der Waals surface area contributed by atoms with Gasteiger partial charge >= 0.3 is 0 Å². The van der Waals surface area contributed by atoms with E-state index in [-0.39, 0.29) is 11.4 Å². The molecule has 0 spiro atoms. The van der Waals surface area contributed by atoms with Crippen molar-refractivity contribution in [1.82, 2.24) is 4.31 Å². The first-order chi connectivity index (χ1) is 11.2. The third kappa shape index (κ3) is 4.40. The number of rotatable bonds is 5. The van der Waals surface area contributed by atoms with Gasteiger partial charge in [-0.05, 0) is 48.9 Å². The van der Waals surface area contributed by atoms with Crippen molar-refractivity contribution >= 4 is 37.5 Å². The molecule has 0 aliphatic rings. The molecule has 128 valence electrons. The highest BCUT2D eigenvalue weighted by atomic mass is 79.9. The molecule has 2 aromatic carbocycles. The largest absolute Gasteiger partial charge is 0.325 e. The molecule has 0 aliphatic carbocycles. The quantitative estimate of drug-likeness (QED) is 0.816. The highest BCUT2D eigenvalue weighted by Crippen LogP contribution is 2.20. The Morgan fingerprint density at radius 2 is 1.96 bits per heavy atom. The van der Waals surface area contributed by atoms with Crippen LogP contribution in [0.1, 0.15) is 5.56 Å². The fourth-order valence-electron chi connectivity index (χ4n) is 2.05. The Morgan fingerprint density at radius 1 is 1.25 bits per heavy atom. The Labute approximate surface area is 148 Å². The van der Waals surface area contributed by atoms with E-state index in [0.29, 0.717) is 5.69 Å². The molecule has 0 aromatic heterocycles. The van der Waals surface area contributed by atoms with Gasteiger partial charge in [-0.25, -0.2) is 12.8 Å². The molecule has 0 bridgehead atoms. The zero-order chi connectivity index (χ0) is 17.9. The van der Waals surface area contributed by atoms with E-state index in [0.717, 1.165) is 26.5 Å². The third-order valence-electron chi connectivity index (χ3n) is 3.33. The first kappa shape index (κ1) is 18.6. The summed E-state index contributed by atoms with van der Waals surface area (Å²) in [5.74, 6) is -1.14. The summed E-state index contributed by atoms with van der Waals surface area (Å²) in [6.45, 7) is 1.45. The number of hydrogen-bond donors (Lipinski definition) is 1. The van der Waals surface area contributed by atoms with E-state index in [9.17, 15) is 17.6 Å². The van der Waals surface area contributed by atoms with Crippen LogP contribution in [-0.4, -0.2) is 32.2 Å². The summed E-state index contributed by atoms with van der Waals surface area (Å²) in [5, 5.41) is 2.66. The minimum absolute atomic E-state index is 0.197. The van der Waals surface area contributed by atoms with Gasteiger partial charge in [-0.3, -0.25) is 4.79 Å². The van der Waals surface area contributed by atoms with Crippen molar-refractivity contribution in [2.45, 2.75) is 11.8 Å². The number of hydrogen-bond acceptors (Lipinski definition) is 3. The first-order valence-electron chi connectivity index (χ1n) is 6.98. The molecule has 0 radical (unpaired) electrons. The highest BCUT2D eigenvalue weighted by molar-refractivity contribution is 9.10. The number of sulfonamides is 1. The van der Waals surface area contributed by atoms with Gasteiger partial charge in [0.05, 0.1) is 11.4 Å². The fourth-order valence-corrected chi connectivity index (χ4v) is 3.69. The molecule has 1 amide bonds. The van der Waals surface area contributed by atoms with E-state index in [1.54, 1.807) is 12.1 Å². The number of carbonyl (C=O) groups is 1. The Kier molecular flexibility index (Phi) is 5.74. The average Bonchev–Trinajstić information content (AvgIpc) is 2.50. The van der Waals surface area contributed by atoms with Gasteiger partial charge < -0.3 is 5.32 Å². The van der Waals surface area contributed by atoms with Gasteiger partial charge in [0.25, 0.3) is 0 Å². The maximum atomic E-state index is 13.2. The number of likely N-dealkylation sites (N-methyl/N-ethyl adjacent to an activating group) is 1. The van der Waals surface area contributed by atoms with E-state index in [2.05, 4.69) is 21.2 Å². The monoisotopic (exact) mass is 414 g/mol. The summed E-state index contributed by atoms with van der Waals surface area (Å²) in [7, 11) is -2.67. The van der Waals surface area contributed by atoms with Gasteiger partial charge in [0.15, 0.2) is 0 Å². The van der Waals surface area contributed by atoms with Gasteiger partial charge in [0.1, 0.15) is 5.82 Å². The number of halogens is 2. The van der Waals surface area contributed by atoms with Crippen LogP contribution in [0, 0.1) is 12.7 Å². The van der Waals surface area contributed by atoms with Crippen molar-refractivity contribution in [3.8, 4) is 0 Å². The van der Waals surface area contributed by atoms with Crippen molar-refractivity contribution in [1.29, 1.82) is 0 Å². The smallest absolute Gasteiger partial charge is 0.243 e. The Bertz CT molecular complexity index is 871. The second-order valence-corrected chi connectivity index (χ2v) is 8.19. The van der Waals surface area contributed by atoms with Crippen LogP contribution in [0.3, 0.4) is 0 Å². The molecule has 8 heteroatoms. The molecule has 0 fully saturated rings. The lowest BCUT2D eigenvalue weighted by atomic mass is 10.2. The highest BCUT2D eigenvalue weighted by Gasteiger charge is 2.23. The topological polar surface area (TPSA) is 66.5 Å². The van der Waals surface area contributed by atoms with Gasteiger partial charge in [-0.15, -0.1) is 0 Å². The molecular weight excluding hydrogens is 399 g/mol. The molecule has 0 saturated carbocycles. The van der Waals surface area contributed by atoms with Gasteiger partial charge in [-0.1, -0.05) is 22.0 Å². The summed E-state index contributed by atoms with van der Waals surface area (Å²) in [6, 6.07) is 9.99. The van der Waals surface area contributed by atoms with Crippen LogP contribution in [0.4, 0.5) is 10.1 Å². The van der Waals surface area contributed by atoms with Crippen LogP contribution in [-0.2, 0) is 14.8 Å². The lowest BCUT2D eigenvalue weighted by Crippen LogP contribution is -2.35. The minimum Gasteiger partial charge on any atom is -0.325 e. The minimum atomic E-state index is -3.94. The summed E-state index contributed by atoms with van der Waals surface area (Å²) in [5.41, 5.74) is 1.44. The predicted octanol–water partition coefficient (Wildman–Crippen LogP) is 3.16. The summed E-state index contributed by atoms with van der Waals surface area (Å²) < 4.78 is 39.7. The Balaban J connectivity index is 2.10. The molecular formula is C16H16BrFN2O3S. The molecule has 0 heterocycles. The Hall–Kier alpha value is -1.77. The predicted molar refractivity (Wildman–Crippen MR) is 93.7 cm³/mol. The summed E-state index contributed by atoms with van der Waals surface area (Å²) in [4.78, 5) is 11.9. The Morgan fingerprint density at radius 3 is 2.58 bits per heavy atom. The fraction of sp³-hybridized carbons (Fsp3) is 0.188. The first-order valence-corrected chi connectivity index (χ1v) is 9.21. The lowest BCUT2D eigenvalue weighted by Gasteiger charge is -2.17. The van der Waals surface area contributed by atoms with E-state index < -0.39 is 21.7 Å². The van der Waals surface area contributed by atoms with Crippen LogP contribution in [0.5, 0.6) is 0 Å². The third-order valence-corrected chi connectivity index (χ3v) is 5.63. The molecule has 0 aliphatic heterocycles. The van der Waals surface area contributed by atoms with Crippen LogP contribution >= 0.6 is 15.9 Å². The second kappa shape index (κ2) is 7.42. The van der Waals surface area contributed by atoms with Crippen molar-refractivity contribution in [2.24, 2.45) is 0 Å². The molecule has 1 N–H and O–H groups in total. The molecule has 0 saturated heterocycles. The standard InChI is InChI=1S/C16H16BrFN2O3S/c1-11-8-12(17)6-7-15(11)19-16(21)10-20(2)24(22,23)14-5-3-4-13(18)9-14/h3-9H,10H2,1-2H3,(H,19,21). The van der Waals surface area contributed by atoms with E-state index in [1.165, 1.54) is 19.2 Å². The van der Waals surface area contributed by atoms with Crippen molar-refractivity contribution in [3.63, 3.8) is 0 Å². The number of benzene rings is 2. The zero-order valence-electron chi connectivity index (χ0n) is 13.1. The number of aryl methyl sites for hydroxylation is 1. The molecule has 2 rings (SSSR count). The number of carbonyl (C=O) groups excluding carboxylic acids is 1. The molecule has 2 aromatic rings. The van der Waals surface area contributed by atoms with Crippen molar-refractivity contribution in [2.75, 3.05) is 18.9 Å². The lowest BCUT2D eigenvalue weighted by molar-refractivity contribution is -0.116. The van der Waals surface area contributed by atoms with Gasteiger partial charge in [0, 0.05) is 17.2 Å². The SMILES string of the molecule is Cc1cc(Br)ccc1NC(=O)CN(C)S(=O)(=O)c1cccc(F)c1. The number of amides is 1. The maximum absolute atomic E-state index is 13.2. The normalized spacial score (nSPS) is 11.5. The van der Waals surface area contributed by atoms with Crippen LogP contribution in [0.25, 0.3) is 0 Å². The summed E-state index contributed by atoms with van der Waals surface area (Å²) >= 11 is 3.33. The average molecular weight is 415 g/mol. The van der Waals surface area contributed by atoms with Crippen LogP contribution < -0.4 is 5.32 Å². The molecule has 24 heavy (non-hydrogen) atoms. The van der Waals surface area contributed by atoms with E-state index >= 15 is 0 Å². The van der Waals surface area contributed by atoms with Crippen LogP contribution in [0.15, 0.2) is 51.8 Å². The number of anilines is 1. The second-order valence-electron chi connectivity index (χ2n) is 5.23. The number of nitrogens with one attached hydrogen (secondary N) is 1. The van der Waals surface area contributed by atoms with E-state index in [1.807, 2.05) is 13.0 Å². The van der Waals surface area contributed by atoms with Gasteiger partial charge in [0.2, 0.25) is 15.9 Å². The molecule has 0 unspecified atom stereocenters. The summed E-state index contributed by atoms with van der Waals surface area (Å²) in [6.07, 6.45) is 0. The maximum Gasteiger partial charge on any atom is 0.243 e. The zero-order valence-corrected chi connectivity index (χ0v) is 15.5. The molecule has 5 nitrogen and oxygen atoms in total. The van der Waals surface area contributed by atoms with Gasteiger partial charge in [-0.2, -0.15) is 4.31 Å².